The number of hydrazine groups is 1. The Kier molecular flexibility index (Phi) is 3.37. The average Bonchev–Trinajstić information content (AvgIpc) is 2.15. The molecular weight excluding hydrogens is 154 g/mol. The lowest BCUT2D eigenvalue weighted by atomic mass is 10.3. The van der Waals surface area contributed by atoms with E-state index in [0.717, 1.165) is 11.4 Å². The zero-order valence-corrected chi connectivity index (χ0v) is 7.00. The molecule has 0 bridgehead atoms. The van der Waals surface area contributed by atoms with Crippen molar-refractivity contribution in [2.45, 2.75) is 0 Å². The van der Waals surface area contributed by atoms with Gasteiger partial charge in [0.1, 0.15) is 5.75 Å². The molecule has 0 amide bonds. The fourth-order valence-electron chi connectivity index (χ4n) is 0.937. The molecular formula is C8H13N3O. The van der Waals surface area contributed by atoms with Crippen LogP contribution in [0.5, 0.6) is 5.75 Å². The lowest BCUT2D eigenvalue weighted by Gasteiger charge is -2.09. The predicted molar refractivity (Wildman–Crippen MR) is 48.8 cm³/mol. The third kappa shape index (κ3) is 2.11. The quantitative estimate of drug-likeness (QED) is 0.348. The molecule has 0 aromatic heterocycles. The molecule has 0 spiro atoms. The summed E-state index contributed by atoms with van der Waals surface area (Å²) >= 11 is 0. The van der Waals surface area contributed by atoms with E-state index in [4.69, 9.17) is 10.6 Å². The minimum atomic E-state index is 0.514. The van der Waals surface area contributed by atoms with Crippen LogP contribution in [0.25, 0.3) is 0 Å². The van der Waals surface area contributed by atoms with Gasteiger partial charge < -0.3 is 10.1 Å². The SMILES string of the molecule is COc1ccccc1NCNN. The molecule has 0 unspecified atom stereocenters. The number of para-hydroxylation sites is 2. The molecule has 66 valence electrons. The van der Waals surface area contributed by atoms with Crippen LogP contribution in [0.2, 0.25) is 0 Å². The second-order valence-corrected chi connectivity index (χ2v) is 2.26. The molecule has 0 radical (unpaired) electrons. The van der Waals surface area contributed by atoms with E-state index < -0.39 is 0 Å². The van der Waals surface area contributed by atoms with Crippen molar-refractivity contribution in [1.29, 1.82) is 0 Å². The second kappa shape index (κ2) is 4.58. The van der Waals surface area contributed by atoms with Gasteiger partial charge in [0.05, 0.1) is 19.5 Å². The Morgan fingerprint density at radius 3 is 2.83 bits per heavy atom. The minimum absolute atomic E-state index is 0.514. The summed E-state index contributed by atoms with van der Waals surface area (Å²) in [4.78, 5) is 0. The maximum absolute atomic E-state index is 5.11. The van der Waals surface area contributed by atoms with Crippen LogP contribution in [0.15, 0.2) is 24.3 Å². The third-order valence-electron chi connectivity index (χ3n) is 1.49. The van der Waals surface area contributed by atoms with Gasteiger partial charge in [0, 0.05) is 0 Å². The first kappa shape index (κ1) is 8.83. The first-order chi connectivity index (χ1) is 5.88. The highest BCUT2D eigenvalue weighted by Crippen LogP contribution is 2.22. The van der Waals surface area contributed by atoms with Crippen LogP contribution in [0.4, 0.5) is 5.69 Å². The molecule has 1 aromatic rings. The van der Waals surface area contributed by atoms with E-state index in [1.807, 2.05) is 24.3 Å². The van der Waals surface area contributed by atoms with Crippen molar-refractivity contribution in [3.8, 4) is 5.75 Å². The highest BCUT2D eigenvalue weighted by Gasteiger charge is 1.97. The van der Waals surface area contributed by atoms with Gasteiger partial charge in [-0.3, -0.25) is 5.84 Å². The molecule has 0 aliphatic carbocycles. The first-order valence-electron chi connectivity index (χ1n) is 3.69. The minimum Gasteiger partial charge on any atom is -0.495 e. The Hall–Kier alpha value is -1.26. The molecule has 0 heterocycles. The van der Waals surface area contributed by atoms with Crippen molar-refractivity contribution >= 4 is 5.69 Å². The van der Waals surface area contributed by atoms with Gasteiger partial charge in [-0.2, -0.15) is 0 Å². The lowest BCUT2D eigenvalue weighted by molar-refractivity contribution is 0.416. The van der Waals surface area contributed by atoms with Gasteiger partial charge >= 0.3 is 0 Å². The molecule has 4 N–H and O–H groups in total. The summed E-state index contributed by atoms with van der Waals surface area (Å²) in [6.45, 7) is 0.514. The molecule has 12 heavy (non-hydrogen) atoms. The van der Waals surface area contributed by atoms with Gasteiger partial charge in [0.2, 0.25) is 0 Å². The van der Waals surface area contributed by atoms with Crippen molar-refractivity contribution in [3.05, 3.63) is 24.3 Å². The fourth-order valence-corrected chi connectivity index (χ4v) is 0.937. The number of nitrogens with two attached hydrogens (primary N) is 1. The zero-order chi connectivity index (χ0) is 8.81. The second-order valence-electron chi connectivity index (χ2n) is 2.26. The van der Waals surface area contributed by atoms with Gasteiger partial charge in [-0.05, 0) is 12.1 Å². The Balaban J connectivity index is 2.68. The molecule has 0 saturated heterocycles. The molecule has 1 aromatic carbocycles. The molecule has 0 atom stereocenters. The van der Waals surface area contributed by atoms with Crippen LogP contribution < -0.4 is 21.3 Å². The molecule has 0 aliphatic heterocycles. The number of ether oxygens (including phenoxy) is 1. The van der Waals surface area contributed by atoms with Crippen LogP contribution in [0.3, 0.4) is 0 Å². The standard InChI is InChI=1S/C8H13N3O/c1-12-8-5-3-2-4-7(8)10-6-11-9/h2-5,10-11H,6,9H2,1H3. The Labute approximate surface area is 71.7 Å². The maximum atomic E-state index is 5.11. The van der Waals surface area contributed by atoms with Gasteiger partial charge in [-0.15, -0.1) is 0 Å². The number of anilines is 1. The van der Waals surface area contributed by atoms with E-state index in [2.05, 4.69) is 10.7 Å². The maximum Gasteiger partial charge on any atom is 0.141 e. The van der Waals surface area contributed by atoms with Crippen LogP contribution in [-0.4, -0.2) is 13.8 Å². The largest absolute Gasteiger partial charge is 0.495 e. The Morgan fingerprint density at radius 2 is 2.17 bits per heavy atom. The van der Waals surface area contributed by atoms with Crippen LogP contribution in [0.1, 0.15) is 0 Å². The fraction of sp³-hybridized carbons (Fsp3) is 0.250. The first-order valence-corrected chi connectivity index (χ1v) is 3.69. The number of nitrogens with one attached hydrogen (secondary N) is 2. The number of benzene rings is 1. The van der Waals surface area contributed by atoms with E-state index in [1.165, 1.54) is 0 Å². The molecule has 1 rings (SSSR count). The Morgan fingerprint density at radius 1 is 1.42 bits per heavy atom. The Bertz CT molecular complexity index is 239. The number of hydrogen-bond donors (Lipinski definition) is 3. The molecule has 4 heteroatoms. The van der Waals surface area contributed by atoms with Crippen molar-refractivity contribution in [1.82, 2.24) is 5.43 Å². The van der Waals surface area contributed by atoms with Crippen LogP contribution in [-0.2, 0) is 0 Å². The van der Waals surface area contributed by atoms with Gasteiger partial charge in [-0.1, -0.05) is 12.1 Å². The number of rotatable bonds is 4. The van der Waals surface area contributed by atoms with E-state index in [0.29, 0.717) is 6.67 Å². The van der Waals surface area contributed by atoms with Crippen molar-refractivity contribution in [3.63, 3.8) is 0 Å². The summed E-state index contributed by atoms with van der Waals surface area (Å²) in [5.41, 5.74) is 3.43. The van der Waals surface area contributed by atoms with Gasteiger partial charge in [0.25, 0.3) is 0 Å². The lowest BCUT2D eigenvalue weighted by Crippen LogP contribution is -2.28. The highest BCUT2D eigenvalue weighted by atomic mass is 16.5. The van der Waals surface area contributed by atoms with Crippen molar-refractivity contribution in [2.24, 2.45) is 5.84 Å². The smallest absolute Gasteiger partial charge is 0.141 e. The topological polar surface area (TPSA) is 59.3 Å². The van der Waals surface area contributed by atoms with E-state index in [1.54, 1.807) is 7.11 Å². The van der Waals surface area contributed by atoms with E-state index >= 15 is 0 Å². The monoisotopic (exact) mass is 167 g/mol. The molecule has 4 nitrogen and oxygen atoms in total. The summed E-state index contributed by atoms with van der Waals surface area (Å²) in [7, 11) is 1.64. The highest BCUT2D eigenvalue weighted by molar-refractivity contribution is 5.55. The van der Waals surface area contributed by atoms with Crippen molar-refractivity contribution < 1.29 is 4.74 Å². The van der Waals surface area contributed by atoms with E-state index in [-0.39, 0.29) is 0 Å². The van der Waals surface area contributed by atoms with E-state index in [9.17, 15) is 0 Å². The summed E-state index contributed by atoms with van der Waals surface area (Å²) in [6.07, 6.45) is 0. The summed E-state index contributed by atoms with van der Waals surface area (Å²) in [5.74, 6) is 5.93. The van der Waals surface area contributed by atoms with Crippen molar-refractivity contribution in [2.75, 3.05) is 19.1 Å². The number of hydrogen-bond acceptors (Lipinski definition) is 4. The molecule has 0 aliphatic rings. The van der Waals surface area contributed by atoms with Gasteiger partial charge in [0.15, 0.2) is 0 Å². The van der Waals surface area contributed by atoms with Gasteiger partial charge in [-0.25, -0.2) is 5.43 Å². The average molecular weight is 167 g/mol. The predicted octanol–water partition coefficient (Wildman–Crippen LogP) is 0.528. The normalized spacial score (nSPS) is 9.50. The molecule has 0 saturated carbocycles. The summed E-state index contributed by atoms with van der Waals surface area (Å²) in [5, 5.41) is 3.05. The molecule has 0 fully saturated rings. The summed E-state index contributed by atoms with van der Waals surface area (Å²) in [6, 6.07) is 7.66. The summed E-state index contributed by atoms with van der Waals surface area (Å²) < 4.78 is 5.11. The number of methoxy groups -OCH3 is 1. The van der Waals surface area contributed by atoms with Crippen LogP contribution >= 0.6 is 0 Å². The van der Waals surface area contributed by atoms with Crippen LogP contribution in [0, 0.1) is 0 Å². The third-order valence-corrected chi connectivity index (χ3v) is 1.49. The zero-order valence-electron chi connectivity index (χ0n) is 7.00.